The first-order valence-corrected chi connectivity index (χ1v) is 8.17. The number of hydrogen-bond acceptors (Lipinski definition) is 3. The smallest absolute Gasteiger partial charge is 0.238 e. The number of pyridine rings is 1. The van der Waals surface area contributed by atoms with Crippen molar-refractivity contribution in [3.8, 4) is 0 Å². The highest BCUT2D eigenvalue weighted by Gasteiger charge is 2.11. The van der Waals surface area contributed by atoms with Gasteiger partial charge in [-0.2, -0.15) is 0 Å². The van der Waals surface area contributed by atoms with Gasteiger partial charge in [-0.1, -0.05) is 29.8 Å². The normalized spacial score (nSPS) is 11.0. The Kier molecular flexibility index (Phi) is 5.26. The van der Waals surface area contributed by atoms with E-state index in [4.69, 9.17) is 11.6 Å². The second-order valence-electron chi connectivity index (χ2n) is 5.86. The summed E-state index contributed by atoms with van der Waals surface area (Å²) in [6, 6.07) is 15.4. The number of anilines is 1. The third kappa shape index (κ3) is 4.53. The van der Waals surface area contributed by atoms with Crippen molar-refractivity contribution in [2.24, 2.45) is 0 Å². The van der Waals surface area contributed by atoms with Crippen LogP contribution in [0.4, 0.5) is 10.1 Å². The topological polar surface area (TPSA) is 45.2 Å². The predicted molar refractivity (Wildman–Crippen MR) is 98.1 cm³/mol. The highest BCUT2D eigenvalue weighted by Crippen LogP contribution is 2.21. The number of nitrogens with zero attached hydrogens (tertiary/aromatic N) is 2. The molecule has 0 fully saturated rings. The van der Waals surface area contributed by atoms with Gasteiger partial charge in [0.2, 0.25) is 5.91 Å². The molecule has 0 aliphatic carbocycles. The third-order valence-corrected chi connectivity index (χ3v) is 4.06. The number of likely N-dealkylation sites (N-methyl/N-ethyl adjacent to an activating group) is 1. The fraction of sp³-hybridized carbons (Fsp3) is 0.158. The summed E-state index contributed by atoms with van der Waals surface area (Å²) in [7, 11) is 1.83. The van der Waals surface area contributed by atoms with Crippen molar-refractivity contribution in [1.29, 1.82) is 0 Å². The van der Waals surface area contributed by atoms with Crippen LogP contribution in [0, 0.1) is 5.82 Å². The van der Waals surface area contributed by atoms with E-state index in [2.05, 4.69) is 10.3 Å². The summed E-state index contributed by atoms with van der Waals surface area (Å²) in [4.78, 5) is 18.3. The Labute approximate surface area is 150 Å². The van der Waals surface area contributed by atoms with E-state index < -0.39 is 0 Å². The van der Waals surface area contributed by atoms with Gasteiger partial charge in [-0.05, 0) is 43.4 Å². The van der Waals surface area contributed by atoms with Gasteiger partial charge in [0.15, 0.2) is 0 Å². The van der Waals surface area contributed by atoms with Gasteiger partial charge in [-0.3, -0.25) is 9.69 Å². The maximum atomic E-state index is 12.9. The third-order valence-electron chi connectivity index (χ3n) is 3.73. The summed E-state index contributed by atoms with van der Waals surface area (Å²) in [6.07, 6.45) is 0. The molecule has 0 saturated carbocycles. The first-order chi connectivity index (χ1) is 12.0. The van der Waals surface area contributed by atoms with E-state index in [1.54, 1.807) is 0 Å². The van der Waals surface area contributed by atoms with Crippen LogP contribution in [0.25, 0.3) is 10.9 Å². The molecule has 2 aromatic carbocycles. The van der Waals surface area contributed by atoms with E-state index in [1.165, 1.54) is 24.3 Å². The maximum Gasteiger partial charge on any atom is 0.238 e. The summed E-state index contributed by atoms with van der Waals surface area (Å²) in [5.41, 5.74) is 2.26. The van der Waals surface area contributed by atoms with Crippen molar-refractivity contribution in [1.82, 2.24) is 9.88 Å². The molecule has 0 saturated heterocycles. The number of nitrogens with one attached hydrogen (secondary N) is 1. The molecule has 1 aromatic heterocycles. The zero-order valence-electron chi connectivity index (χ0n) is 13.7. The zero-order chi connectivity index (χ0) is 17.8. The lowest BCUT2D eigenvalue weighted by Gasteiger charge is -2.17. The Morgan fingerprint density at radius 1 is 1.20 bits per heavy atom. The second kappa shape index (κ2) is 7.59. The number of fused-ring (bicyclic) bond motifs is 1. The molecule has 6 heteroatoms. The Bertz CT molecular complexity index is 899. The number of amides is 1. The first kappa shape index (κ1) is 17.3. The number of benzene rings is 2. The highest BCUT2D eigenvalue weighted by molar-refractivity contribution is 6.30. The molecule has 128 valence electrons. The van der Waals surface area contributed by atoms with Crippen molar-refractivity contribution in [2.75, 3.05) is 18.9 Å². The molecule has 1 heterocycles. The molecule has 0 aliphatic heterocycles. The van der Waals surface area contributed by atoms with Gasteiger partial charge in [-0.15, -0.1) is 0 Å². The number of halogens is 2. The fourth-order valence-corrected chi connectivity index (χ4v) is 2.78. The molecule has 0 aliphatic rings. The van der Waals surface area contributed by atoms with Crippen molar-refractivity contribution < 1.29 is 9.18 Å². The molecular formula is C19H17ClFN3O. The highest BCUT2D eigenvalue weighted by atomic mass is 35.5. The van der Waals surface area contributed by atoms with E-state index in [9.17, 15) is 9.18 Å². The SMILES string of the molecule is CN(CC(=O)Nc1ccc(F)cc1)Cc1cc2ccccc2nc1Cl. The van der Waals surface area contributed by atoms with Crippen LogP contribution in [0.5, 0.6) is 0 Å². The van der Waals surface area contributed by atoms with Gasteiger partial charge in [0.05, 0.1) is 12.1 Å². The first-order valence-electron chi connectivity index (χ1n) is 7.79. The van der Waals surface area contributed by atoms with Crippen molar-refractivity contribution in [3.05, 3.63) is 71.1 Å². The number of carbonyl (C=O) groups is 1. The minimum atomic E-state index is -0.339. The summed E-state index contributed by atoms with van der Waals surface area (Å²) < 4.78 is 12.9. The summed E-state index contributed by atoms with van der Waals surface area (Å²) in [6.45, 7) is 0.675. The van der Waals surface area contributed by atoms with Crippen LogP contribution < -0.4 is 5.32 Å². The predicted octanol–water partition coefficient (Wildman–Crippen LogP) is 4.10. The second-order valence-corrected chi connectivity index (χ2v) is 6.22. The molecule has 0 radical (unpaired) electrons. The molecule has 25 heavy (non-hydrogen) atoms. The van der Waals surface area contributed by atoms with Crippen LogP contribution >= 0.6 is 11.6 Å². The summed E-state index contributed by atoms with van der Waals surface area (Å²) >= 11 is 6.25. The molecule has 0 atom stereocenters. The Hall–Kier alpha value is -2.50. The minimum Gasteiger partial charge on any atom is -0.325 e. The summed E-state index contributed by atoms with van der Waals surface area (Å²) in [5, 5.41) is 4.17. The maximum absolute atomic E-state index is 12.9. The molecule has 0 unspecified atom stereocenters. The van der Waals surface area contributed by atoms with E-state index in [-0.39, 0.29) is 18.3 Å². The van der Waals surface area contributed by atoms with Gasteiger partial charge >= 0.3 is 0 Å². The average molecular weight is 358 g/mol. The molecular weight excluding hydrogens is 341 g/mol. The Morgan fingerprint density at radius 3 is 2.68 bits per heavy atom. The fourth-order valence-electron chi connectivity index (χ4n) is 2.57. The Morgan fingerprint density at radius 2 is 1.92 bits per heavy atom. The lowest BCUT2D eigenvalue weighted by Crippen LogP contribution is -2.30. The van der Waals surface area contributed by atoms with Crippen LogP contribution in [0.15, 0.2) is 54.6 Å². The molecule has 1 N–H and O–H groups in total. The number of carbonyl (C=O) groups excluding carboxylic acids is 1. The zero-order valence-corrected chi connectivity index (χ0v) is 14.4. The van der Waals surface area contributed by atoms with Gasteiger partial charge in [-0.25, -0.2) is 9.37 Å². The van der Waals surface area contributed by atoms with Gasteiger partial charge in [0.1, 0.15) is 11.0 Å². The van der Waals surface area contributed by atoms with Crippen molar-refractivity contribution in [3.63, 3.8) is 0 Å². The van der Waals surface area contributed by atoms with E-state index in [1.807, 2.05) is 42.3 Å². The molecule has 0 bridgehead atoms. The number of para-hydroxylation sites is 1. The van der Waals surface area contributed by atoms with Crippen LogP contribution in [-0.4, -0.2) is 29.4 Å². The lowest BCUT2D eigenvalue weighted by atomic mass is 10.1. The van der Waals surface area contributed by atoms with Crippen LogP contribution in [0.3, 0.4) is 0 Å². The van der Waals surface area contributed by atoms with E-state index >= 15 is 0 Å². The molecule has 0 spiro atoms. The van der Waals surface area contributed by atoms with Crippen molar-refractivity contribution in [2.45, 2.75) is 6.54 Å². The monoisotopic (exact) mass is 357 g/mol. The number of aromatic nitrogens is 1. The summed E-state index contributed by atoms with van der Waals surface area (Å²) in [5.74, 6) is -0.521. The molecule has 1 amide bonds. The van der Waals surface area contributed by atoms with Crippen LogP contribution in [0.1, 0.15) is 5.56 Å². The molecule has 3 aromatic rings. The van der Waals surface area contributed by atoms with Crippen molar-refractivity contribution >= 4 is 34.1 Å². The standard InChI is InChI=1S/C19H17ClFN3O/c1-24(12-18(25)22-16-8-6-15(21)7-9-16)11-14-10-13-4-2-3-5-17(13)23-19(14)20/h2-10H,11-12H2,1H3,(H,22,25). The number of rotatable bonds is 5. The molecule has 4 nitrogen and oxygen atoms in total. The Balaban J connectivity index is 1.63. The number of hydrogen-bond donors (Lipinski definition) is 1. The molecule has 3 rings (SSSR count). The lowest BCUT2D eigenvalue weighted by molar-refractivity contribution is -0.117. The van der Waals surface area contributed by atoms with Gasteiger partial charge in [0.25, 0.3) is 0 Å². The van der Waals surface area contributed by atoms with Gasteiger partial charge < -0.3 is 5.32 Å². The van der Waals surface area contributed by atoms with E-state index in [0.717, 1.165) is 16.5 Å². The van der Waals surface area contributed by atoms with E-state index in [0.29, 0.717) is 17.4 Å². The minimum absolute atomic E-state index is 0.181. The van der Waals surface area contributed by atoms with Crippen LogP contribution in [-0.2, 0) is 11.3 Å². The van der Waals surface area contributed by atoms with Crippen LogP contribution in [0.2, 0.25) is 5.15 Å². The average Bonchev–Trinajstić information content (AvgIpc) is 2.57. The quantitative estimate of drug-likeness (QED) is 0.699. The largest absolute Gasteiger partial charge is 0.325 e. The van der Waals surface area contributed by atoms with Gasteiger partial charge in [0, 0.05) is 23.2 Å².